The molecule has 6 nitrogen and oxygen atoms in total. The lowest BCUT2D eigenvalue weighted by Gasteiger charge is -2.32. The monoisotopic (exact) mass is 319 g/mol. The number of amides is 1. The second kappa shape index (κ2) is 6.22. The van der Waals surface area contributed by atoms with Gasteiger partial charge in [0.05, 0.1) is 13.2 Å². The van der Waals surface area contributed by atoms with E-state index in [2.05, 4.69) is 4.74 Å². The zero-order chi connectivity index (χ0) is 16.3. The summed E-state index contributed by atoms with van der Waals surface area (Å²) in [5.74, 6) is -2.25. The third-order valence-corrected chi connectivity index (χ3v) is 3.01. The summed E-state index contributed by atoms with van der Waals surface area (Å²) in [5.41, 5.74) is 0.0719. The summed E-state index contributed by atoms with van der Waals surface area (Å²) in [4.78, 5) is 24.5. The number of rotatable bonds is 3. The van der Waals surface area contributed by atoms with Crippen LogP contribution in [0.5, 0.6) is 5.75 Å². The van der Waals surface area contributed by atoms with E-state index in [0.717, 1.165) is 29.2 Å². The molecule has 1 aromatic rings. The number of hydrogen-bond acceptors (Lipinski definition) is 4. The van der Waals surface area contributed by atoms with Crippen molar-refractivity contribution in [2.75, 3.05) is 19.8 Å². The molecule has 22 heavy (non-hydrogen) atoms. The summed E-state index contributed by atoms with van der Waals surface area (Å²) >= 11 is 0. The molecule has 0 radical (unpaired) electrons. The minimum atomic E-state index is -4.82. The highest BCUT2D eigenvalue weighted by Gasteiger charge is 2.34. The van der Waals surface area contributed by atoms with Gasteiger partial charge in [0.25, 0.3) is 5.91 Å². The largest absolute Gasteiger partial charge is 0.573 e. The van der Waals surface area contributed by atoms with Gasteiger partial charge >= 0.3 is 12.3 Å². The van der Waals surface area contributed by atoms with Gasteiger partial charge < -0.3 is 19.5 Å². The first-order chi connectivity index (χ1) is 10.3. The predicted octanol–water partition coefficient (Wildman–Crippen LogP) is 1.51. The molecule has 2 rings (SSSR count). The lowest BCUT2D eigenvalue weighted by molar-refractivity contribution is -0.274. The SMILES string of the molecule is O=C(O)C1COCCN1C(=O)c1ccc(OC(F)(F)F)cc1. The number of carboxylic acid groups (broad SMARTS) is 1. The van der Waals surface area contributed by atoms with Gasteiger partial charge in [-0.05, 0) is 24.3 Å². The molecule has 0 aliphatic carbocycles. The smallest absolute Gasteiger partial charge is 0.480 e. The molecule has 1 aromatic carbocycles. The van der Waals surface area contributed by atoms with E-state index >= 15 is 0 Å². The molecule has 9 heteroatoms. The summed E-state index contributed by atoms with van der Waals surface area (Å²) in [6.45, 7) is 0.164. The Hall–Kier alpha value is -2.29. The topological polar surface area (TPSA) is 76.1 Å². The molecular weight excluding hydrogens is 307 g/mol. The molecule has 1 fully saturated rings. The van der Waals surface area contributed by atoms with E-state index in [4.69, 9.17) is 9.84 Å². The van der Waals surface area contributed by atoms with Gasteiger partial charge in [-0.2, -0.15) is 0 Å². The van der Waals surface area contributed by atoms with Crippen LogP contribution in [0.15, 0.2) is 24.3 Å². The Morgan fingerprint density at radius 2 is 1.91 bits per heavy atom. The standard InChI is InChI=1S/C13H12F3NO5/c14-13(15,16)22-9-3-1-8(2-4-9)11(18)17-5-6-21-7-10(17)12(19)20/h1-4,10H,5-7H2,(H,19,20). The Balaban J connectivity index is 2.13. The van der Waals surface area contributed by atoms with Crippen LogP contribution in [0.3, 0.4) is 0 Å². The van der Waals surface area contributed by atoms with Crippen molar-refractivity contribution < 1.29 is 37.3 Å². The second-order valence-corrected chi connectivity index (χ2v) is 4.50. The van der Waals surface area contributed by atoms with E-state index in [1.807, 2.05) is 0 Å². The zero-order valence-corrected chi connectivity index (χ0v) is 11.2. The Bertz CT molecular complexity index is 558. The fourth-order valence-electron chi connectivity index (χ4n) is 2.02. The first kappa shape index (κ1) is 16.1. The van der Waals surface area contributed by atoms with E-state index in [-0.39, 0.29) is 25.3 Å². The first-order valence-electron chi connectivity index (χ1n) is 6.25. The molecule has 120 valence electrons. The van der Waals surface area contributed by atoms with Crippen molar-refractivity contribution in [3.8, 4) is 5.75 Å². The molecule has 1 aliphatic heterocycles. The van der Waals surface area contributed by atoms with E-state index in [1.165, 1.54) is 0 Å². The van der Waals surface area contributed by atoms with Gasteiger partial charge in [0.2, 0.25) is 0 Å². The molecule has 1 amide bonds. The fraction of sp³-hybridized carbons (Fsp3) is 0.385. The third kappa shape index (κ3) is 3.88. The van der Waals surface area contributed by atoms with Crippen LogP contribution < -0.4 is 4.74 Å². The van der Waals surface area contributed by atoms with E-state index < -0.39 is 30.0 Å². The minimum absolute atomic E-state index is 0.0719. The zero-order valence-electron chi connectivity index (χ0n) is 11.2. The number of alkyl halides is 3. The summed E-state index contributed by atoms with van der Waals surface area (Å²) in [6, 6.07) is 3.18. The Morgan fingerprint density at radius 3 is 2.45 bits per heavy atom. The average molecular weight is 319 g/mol. The summed E-state index contributed by atoms with van der Waals surface area (Å²) in [6.07, 6.45) is -4.82. The van der Waals surface area contributed by atoms with E-state index in [1.54, 1.807) is 0 Å². The van der Waals surface area contributed by atoms with Gasteiger partial charge in [0.1, 0.15) is 5.75 Å². The van der Waals surface area contributed by atoms with Crippen LogP contribution in [0, 0.1) is 0 Å². The van der Waals surface area contributed by atoms with Crippen molar-refractivity contribution in [1.82, 2.24) is 4.90 Å². The van der Waals surface area contributed by atoms with Gasteiger partial charge in [-0.15, -0.1) is 13.2 Å². The number of nitrogens with zero attached hydrogens (tertiary/aromatic N) is 1. The Kier molecular flexibility index (Phi) is 4.55. The third-order valence-electron chi connectivity index (χ3n) is 3.01. The highest BCUT2D eigenvalue weighted by molar-refractivity contribution is 5.96. The molecule has 0 aromatic heterocycles. The predicted molar refractivity (Wildman–Crippen MR) is 66.4 cm³/mol. The van der Waals surface area contributed by atoms with Gasteiger partial charge in [-0.1, -0.05) is 0 Å². The number of hydrogen-bond donors (Lipinski definition) is 1. The van der Waals surface area contributed by atoms with Crippen molar-refractivity contribution in [1.29, 1.82) is 0 Å². The Morgan fingerprint density at radius 1 is 1.27 bits per heavy atom. The number of carboxylic acids is 1. The highest BCUT2D eigenvalue weighted by Crippen LogP contribution is 2.23. The van der Waals surface area contributed by atoms with Crippen LogP contribution in [0.4, 0.5) is 13.2 Å². The van der Waals surface area contributed by atoms with Gasteiger partial charge in [-0.25, -0.2) is 4.79 Å². The summed E-state index contributed by atoms with van der Waals surface area (Å²) < 4.78 is 44.9. The fourth-order valence-corrected chi connectivity index (χ4v) is 2.02. The van der Waals surface area contributed by atoms with Crippen LogP contribution in [0.2, 0.25) is 0 Å². The van der Waals surface area contributed by atoms with Crippen molar-refractivity contribution in [3.05, 3.63) is 29.8 Å². The molecule has 1 atom stereocenters. The normalized spacial score (nSPS) is 18.9. The maximum Gasteiger partial charge on any atom is 0.573 e. The first-order valence-corrected chi connectivity index (χ1v) is 6.25. The van der Waals surface area contributed by atoms with Gasteiger partial charge in [-0.3, -0.25) is 4.79 Å². The average Bonchev–Trinajstić information content (AvgIpc) is 2.45. The van der Waals surface area contributed by atoms with Gasteiger partial charge in [0.15, 0.2) is 6.04 Å². The molecular formula is C13H12F3NO5. The maximum absolute atomic E-state index is 12.3. The number of carbonyl (C=O) groups excluding carboxylic acids is 1. The number of ether oxygens (including phenoxy) is 2. The molecule has 1 saturated heterocycles. The van der Waals surface area contributed by atoms with Crippen LogP contribution >= 0.6 is 0 Å². The number of morpholine rings is 1. The van der Waals surface area contributed by atoms with Crippen molar-refractivity contribution >= 4 is 11.9 Å². The number of halogens is 3. The number of aliphatic carboxylic acids is 1. The number of benzene rings is 1. The molecule has 0 saturated carbocycles. The van der Waals surface area contributed by atoms with E-state index in [0.29, 0.717) is 0 Å². The van der Waals surface area contributed by atoms with Crippen molar-refractivity contribution in [2.24, 2.45) is 0 Å². The number of carbonyl (C=O) groups is 2. The maximum atomic E-state index is 12.3. The molecule has 1 aliphatic rings. The lowest BCUT2D eigenvalue weighted by Crippen LogP contribution is -2.52. The van der Waals surface area contributed by atoms with Crippen molar-refractivity contribution in [2.45, 2.75) is 12.4 Å². The summed E-state index contributed by atoms with van der Waals surface area (Å²) in [7, 11) is 0. The molecule has 0 bridgehead atoms. The minimum Gasteiger partial charge on any atom is -0.480 e. The van der Waals surface area contributed by atoms with Crippen LogP contribution in [0.1, 0.15) is 10.4 Å². The second-order valence-electron chi connectivity index (χ2n) is 4.50. The van der Waals surface area contributed by atoms with Crippen LogP contribution in [-0.4, -0.2) is 54.0 Å². The molecule has 1 unspecified atom stereocenters. The van der Waals surface area contributed by atoms with Gasteiger partial charge in [0, 0.05) is 12.1 Å². The Labute approximate surface area is 123 Å². The van der Waals surface area contributed by atoms with Crippen molar-refractivity contribution in [3.63, 3.8) is 0 Å². The summed E-state index contributed by atoms with van der Waals surface area (Å²) in [5, 5.41) is 9.06. The van der Waals surface area contributed by atoms with E-state index in [9.17, 15) is 22.8 Å². The van der Waals surface area contributed by atoms with Crippen LogP contribution in [-0.2, 0) is 9.53 Å². The molecule has 0 spiro atoms. The quantitative estimate of drug-likeness (QED) is 0.914. The highest BCUT2D eigenvalue weighted by atomic mass is 19.4. The molecule has 1 heterocycles. The van der Waals surface area contributed by atoms with Crippen LogP contribution in [0.25, 0.3) is 0 Å². The molecule has 1 N–H and O–H groups in total. The lowest BCUT2D eigenvalue weighted by atomic mass is 10.1.